The molecule has 4 aromatic rings. The molecule has 1 saturated heterocycles. The second-order valence-corrected chi connectivity index (χ2v) is 13.2. The SMILES string of the molecule is O=C(Cn1c2c(sc1=O)[C@@H](c1cccs1)[C@H]1C(=O)N(c3ccc(Br)cc3)C(=O)[C@H]1S2)Nc1ccc(Cl)cc1. The summed E-state index contributed by atoms with van der Waals surface area (Å²) in [5.41, 5.74) is 1.06. The monoisotopic (exact) mass is 645 g/mol. The van der Waals surface area contributed by atoms with Crippen LogP contribution >= 0.6 is 62.0 Å². The van der Waals surface area contributed by atoms with Crippen LogP contribution in [0.3, 0.4) is 0 Å². The molecule has 2 aliphatic rings. The van der Waals surface area contributed by atoms with Crippen LogP contribution in [0, 0.1) is 5.92 Å². The molecule has 6 rings (SSSR count). The summed E-state index contributed by atoms with van der Waals surface area (Å²) in [5.74, 6) is -2.10. The number of aromatic nitrogens is 1. The average Bonchev–Trinajstić information content (AvgIpc) is 3.59. The van der Waals surface area contributed by atoms with E-state index in [1.54, 1.807) is 48.5 Å². The number of hydrogen-bond donors (Lipinski definition) is 1. The zero-order valence-corrected chi connectivity index (χ0v) is 24.1. The number of carbonyl (C=O) groups excluding carboxylic acids is 3. The number of anilines is 2. The highest BCUT2D eigenvalue weighted by Crippen LogP contribution is 2.54. The maximum atomic E-state index is 13.8. The van der Waals surface area contributed by atoms with Crippen molar-refractivity contribution >= 4 is 91.1 Å². The zero-order valence-electron chi connectivity index (χ0n) is 19.3. The van der Waals surface area contributed by atoms with Gasteiger partial charge in [0, 0.05) is 30.9 Å². The lowest BCUT2D eigenvalue weighted by Gasteiger charge is -2.29. The van der Waals surface area contributed by atoms with Gasteiger partial charge in [0.25, 0.3) is 0 Å². The number of thioether (sulfide) groups is 1. The topological polar surface area (TPSA) is 88.5 Å². The van der Waals surface area contributed by atoms with Gasteiger partial charge in [-0.2, -0.15) is 0 Å². The molecule has 38 heavy (non-hydrogen) atoms. The van der Waals surface area contributed by atoms with Crippen molar-refractivity contribution in [1.29, 1.82) is 0 Å². The molecule has 12 heteroatoms. The number of fused-ring (bicyclic) bond motifs is 2. The van der Waals surface area contributed by atoms with Gasteiger partial charge in [-0.25, -0.2) is 4.90 Å². The maximum absolute atomic E-state index is 13.8. The van der Waals surface area contributed by atoms with Crippen molar-refractivity contribution in [2.75, 3.05) is 10.2 Å². The highest BCUT2D eigenvalue weighted by atomic mass is 79.9. The Labute approximate surface area is 242 Å². The summed E-state index contributed by atoms with van der Waals surface area (Å²) in [4.78, 5) is 56.0. The van der Waals surface area contributed by atoms with Crippen LogP contribution in [-0.2, 0) is 20.9 Å². The molecule has 192 valence electrons. The fourth-order valence-corrected chi connectivity index (χ4v) is 8.86. The maximum Gasteiger partial charge on any atom is 0.308 e. The van der Waals surface area contributed by atoms with E-state index in [0.717, 1.165) is 20.7 Å². The Balaban J connectivity index is 1.38. The molecule has 1 fully saturated rings. The normalized spacial score (nSPS) is 20.4. The lowest BCUT2D eigenvalue weighted by Crippen LogP contribution is -2.32. The Bertz CT molecular complexity index is 1620. The number of thiophene rings is 1. The summed E-state index contributed by atoms with van der Waals surface area (Å²) >= 11 is 13.0. The standard InChI is InChI=1S/C26H17BrClN3O4S3/c27-13-3-9-16(10-4-13)31-23(33)20-19(17-2-1-11-36-17)22-25(37-21(20)24(31)34)30(26(35)38-22)12-18(32)29-15-7-5-14(28)6-8-15/h1-11,19-21H,12H2,(H,29,32)/t19-,20+,21-/m0/s1. The first-order valence-corrected chi connectivity index (χ1v) is 15.2. The fraction of sp³-hybridized carbons (Fsp3) is 0.154. The number of thiazole rings is 1. The van der Waals surface area contributed by atoms with Crippen LogP contribution in [0.4, 0.5) is 11.4 Å². The number of rotatable bonds is 5. The predicted molar refractivity (Wildman–Crippen MR) is 155 cm³/mol. The summed E-state index contributed by atoms with van der Waals surface area (Å²) in [6.45, 7) is -0.215. The second-order valence-electron chi connectivity index (χ2n) is 8.72. The Morgan fingerprint density at radius 1 is 1.00 bits per heavy atom. The van der Waals surface area contributed by atoms with Crippen LogP contribution in [0.5, 0.6) is 0 Å². The Morgan fingerprint density at radius 3 is 2.42 bits per heavy atom. The Hall–Kier alpha value is -2.70. The van der Waals surface area contributed by atoms with Gasteiger partial charge in [-0.1, -0.05) is 56.7 Å². The minimum atomic E-state index is -0.717. The fourth-order valence-electron chi connectivity index (χ4n) is 4.75. The third-order valence-corrected chi connectivity index (χ3v) is 10.8. The number of halogens is 2. The Kier molecular flexibility index (Phi) is 6.81. The van der Waals surface area contributed by atoms with E-state index in [-0.39, 0.29) is 29.1 Å². The quantitative estimate of drug-likeness (QED) is 0.276. The number of hydrogen-bond acceptors (Lipinski definition) is 7. The van der Waals surface area contributed by atoms with E-state index in [0.29, 0.717) is 26.3 Å². The molecule has 0 radical (unpaired) electrons. The van der Waals surface area contributed by atoms with E-state index in [1.807, 2.05) is 17.5 Å². The summed E-state index contributed by atoms with van der Waals surface area (Å²) in [7, 11) is 0. The van der Waals surface area contributed by atoms with Crippen LogP contribution < -0.4 is 15.1 Å². The van der Waals surface area contributed by atoms with E-state index < -0.39 is 17.1 Å². The molecule has 3 atom stereocenters. The summed E-state index contributed by atoms with van der Waals surface area (Å²) in [6, 6.07) is 17.5. The third-order valence-electron chi connectivity index (χ3n) is 6.41. The van der Waals surface area contributed by atoms with Crippen molar-refractivity contribution in [1.82, 2.24) is 4.57 Å². The number of nitrogens with one attached hydrogen (secondary N) is 1. The molecule has 4 heterocycles. The van der Waals surface area contributed by atoms with Crippen LogP contribution in [-0.4, -0.2) is 27.5 Å². The van der Waals surface area contributed by atoms with E-state index in [9.17, 15) is 19.2 Å². The zero-order chi connectivity index (χ0) is 26.6. The second kappa shape index (κ2) is 10.1. The minimum Gasteiger partial charge on any atom is -0.325 e. The minimum absolute atomic E-state index is 0.215. The molecule has 2 aliphatic heterocycles. The summed E-state index contributed by atoms with van der Waals surface area (Å²) in [6.07, 6.45) is 0. The van der Waals surface area contributed by atoms with Gasteiger partial charge in [0.2, 0.25) is 17.7 Å². The molecule has 2 aromatic carbocycles. The van der Waals surface area contributed by atoms with Crippen molar-refractivity contribution in [3.8, 4) is 0 Å². The van der Waals surface area contributed by atoms with E-state index in [1.165, 1.54) is 32.6 Å². The number of carbonyl (C=O) groups is 3. The van der Waals surface area contributed by atoms with Crippen molar-refractivity contribution in [3.05, 3.63) is 95.0 Å². The summed E-state index contributed by atoms with van der Waals surface area (Å²) < 4.78 is 2.25. The lowest BCUT2D eigenvalue weighted by molar-refractivity contribution is -0.122. The summed E-state index contributed by atoms with van der Waals surface area (Å²) in [5, 5.41) is 5.09. The van der Waals surface area contributed by atoms with Gasteiger partial charge in [-0.15, -0.1) is 11.3 Å². The van der Waals surface area contributed by atoms with Crippen LogP contribution in [0.25, 0.3) is 0 Å². The van der Waals surface area contributed by atoms with Crippen molar-refractivity contribution in [2.24, 2.45) is 5.92 Å². The van der Waals surface area contributed by atoms with Gasteiger partial charge >= 0.3 is 4.87 Å². The first kappa shape index (κ1) is 25.6. The number of imide groups is 1. The molecule has 2 aromatic heterocycles. The number of benzene rings is 2. The molecule has 0 saturated carbocycles. The smallest absolute Gasteiger partial charge is 0.308 e. The first-order chi connectivity index (χ1) is 18.3. The molecule has 0 bridgehead atoms. The van der Waals surface area contributed by atoms with Crippen molar-refractivity contribution in [2.45, 2.75) is 22.7 Å². The first-order valence-electron chi connectivity index (χ1n) is 11.4. The number of amides is 3. The van der Waals surface area contributed by atoms with Crippen LogP contribution in [0.15, 0.2) is 80.3 Å². The molecule has 7 nitrogen and oxygen atoms in total. The van der Waals surface area contributed by atoms with E-state index >= 15 is 0 Å². The van der Waals surface area contributed by atoms with Crippen LogP contribution in [0.1, 0.15) is 15.7 Å². The largest absolute Gasteiger partial charge is 0.325 e. The molecule has 0 aliphatic carbocycles. The van der Waals surface area contributed by atoms with Crippen molar-refractivity contribution < 1.29 is 14.4 Å². The van der Waals surface area contributed by atoms with Gasteiger partial charge in [0.15, 0.2) is 0 Å². The molecular weight excluding hydrogens is 630 g/mol. The third kappa shape index (κ3) is 4.46. The predicted octanol–water partition coefficient (Wildman–Crippen LogP) is 5.82. The van der Waals surface area contributed by atoms with Gasteiger partial charge in [-0.05, 0) is 60.0 Å². The van der Waals surface area contributed by atoms with Gasteiger partial charge in [-0.3, -0.25) is 23.7 Å². The van der Waals surface area contributed by atoms with E-state index in [4.69, 9.17) is 11.6 Å². The van der Waals surface area contributed by atoms with Crippen LogP contribution in [0.2, 0.25) is 5.02 Å². The lowest BCUT2D eigenvalue weighted by atomic mass is 9.87. The molecule has 0 unspecified atom stereocenters. The van der Waals surface area contributed by atoms with Gasteiger partial charge < -0.3 is 5.32 Å². The molecule has 3 amide bonds. The van der Waals surface area contributed by atoms with Gasteiger partial charge in [0.1, 0.15) is 11.8 Å². The molecule has 0 spiro atoms. The van der Waals surface area contributed by atoms with Crippen molar-refractivity contribution in [3.63, 3.8) is 0 Å². The molecule has 1 N–H and O–H groups in total. The average molecular weight is 647 g/mol. The number of nitrogens with zero attached hydrogens (tertiary/aromatic N) is 2. The Morgan fingerprint density at radius 2 is 1.74 bits per heavy atom. The highest BCUT2D eigenvalue weighted by molar-refractivity contribution is 9.10. The van der Waals surface area contributed by atoms with Gasteiger partial charge in [0.05, 0.1) is 16.6 Å². The molecular formula is C26H17BrClN3O4S3. The highest BCUT2D eigenvalue weighted by Gasteiger charge is 2.57. The van der Waals surface area contributed by atoms with E-state index in [2.05, 4.69) is 21.2 Å².